The molecule has 2 rings (SSSR count). The number of hydrogen-bond acceptors (Lipinski definition) is 3. The summed E-state index contributed by atoms with van der Waals surface area (Å²) in [6.45, 7) is 0. The quantitative estimate of drug-likeness (QED) is 0.628. The van der Waals surface area contributed by atoms with Crippen LogP contribution in [-0.2, 0) is 0 Å². The molecule has 0 fully saturated rings. The van der Waals surface area contributed by atoms with Gasteiger partial charge in [0.2, 0.25) is 11.7 Å². The van der Waals surface area contributed by atoms with Crippen LogP contribution in [0.2, 0.25) is 5.15 Å². The second-order valence-electron chi connectivity index (χ2n) is 2.22. The van der Waals surface area contributed by atoms with Crippen LogP contribution in [0.15, 0.2) is 18.5 Å². The van der Waals surface area contributed by atoms with Crippen molar-refractivity contribution < 1.29 is 4.74 Å². The summed E-state index contributed by atoms with van der Waals surface area (Å²) in [5.41, 5.74) is 0. The summed E-state index contributed by atoms with van der Waals surface area (Å²) < 4.78 is 6.78. The molecule has 0 aromatic carbocycles. The molecule has 2 aromatic heterocycles. The number of methoxy groups -OCH3 is 1. The van der Waals surface area contributed by atoms with Crippen LogP contribution in [0.3, 0.4) is 0 Å². The first-order chi connectivity index (χ1) is 5.81. The summed E-state index contributed by atoms with van der Waals surface area (Å²) >= 11 is 5.72. The maximum atomic E-state index is 5.72. The Balaban J connectivity index is 2.80. The van der Waals surface area contributed by atoms with Gasteiger partial charge in [-0.2, -0.15) is 0 Å². The fraction of sp³-hybridized carbons (Fsp3) is 0.143. The van der Waals surface area contributed by atoms with E-state index in [-0.39, 0.29) is 0 Å². The first-order valence-corrected chi connectivity index (χ1v) is 3.72. The van der Waals surface area contributed by atoms with Crippen molar-refractivity contribution in [3.8, 4) is 5.88 Å². The molecule has 0 atom stereocenters. The van der Waals surface area contributed by atoms with Gasteiger partial charge in [-0.1, -0.05) is 11.6 Å². The molecular formula is C7H6ClN3O. The minimum Gasteiger partial charge on any atom is -0.482 e. The number of imidazole rings is 1. The van der Waals surface area contributed by atoms with Crippen LogP contribution in [0.25, 0.3) is 5.78 Å². The number of fused-ring (bicyclic) bond motifs is 1. The Morgan fingerprint density at radius 1 is 1.58 bits per heavy atom. The van der Waals surface area contributed by atoms with Crippen LogP contribution < -0.4 is 4.74 Å². The van der Waals surface area contributed by atoms with Crippen LogP contribution in [0.4, 0.5) is 0 Å². The molecule has 62 valence electrons. The van der Waals surface area contributed by atoms with Crippen molar-refractivity contribution in [2.24, 2.45) is 0 Å². The second kappa shape index (κ2) is 2.64. The average Bonchev–Trinajstić information content (AvgIpc) is 2.50. The molecule has 2 aromatic rings. The molecule has 0 bridgehead atoms. The fourth-order valence-corrected chi connectivity index (χ4v) is 1.18. The van der Waals surface area contributed by atoms with Gasteiger partial charge in [0.25, 0.3) is 0 Å². The standard InChI is InChI=1S/C7H6ClN3O/c1-12-6-4-5(8)10-7-9-2-3-11(6)7/h2-4H,1H3. The largest absolute Gasteiger partial charge is 0.482 e. The molecular weight excluding hydrogens is 178 g/mol. The van der Waals surface area contributed by atoms with Gasteiger partial charge in [-0.15, -0.1) is 0 Å². The molecule has 0 radical (unpaired) electrons. The third-order valence-corrected chi connectivity index (χ3v) is 1.71. The van der Waals surface area contributed by atoms with Gasteiger partial charge in [0, 0.05) is 18.5 Å². The Kier molecular flexibility index (Phi) is 1.62. The van der Waals surface area contributed by atoms with Crippen LogP contribution in [0, 0.1) is 0 Å². The molecule has 2 heterocycles. The van der Waals surface area contributed by atoms with Crippen molar-refractivity contribution in [3.63, 3.8) is 0 Å². The lowest BCUT2D eigenvalue weighted by Crippen LogP contribution is -1.95. The van der Waals surface area contributed by atoms with Crippen LogP contribution in [-0.4, -0.2) is 21.5 Å². The molecule has 0 spiro atoms. The SMILES string of the molecule is COc1cc(Cl)nc2nccn12. The van der Waals surface area contributed by atoms with Crippen molar-refractivity contribution in [1.29, 1.82) is 0 Å². The fourth-order valence-electron chi connectivity index (χ4n) is 1.01. The Labute approximate surface area is 73.8 Å². The third kappa shape index (κ3) is 1.00. The first-order valence-electron chi connectivity index (χ1n) is 3.35. The first kappa shape index (κ1) is 7.36. The Morgan fingerprint density at radius 2 is 2.42 bits per heavy atom. The van der Waals surface area contributed by atoms with Crippen LogP contribution in [0.1, 0.15) is 0 Å². The van der Waals surface area contributed by atoms with Crippen LogP contribution in [0.5, 0.6) is 5.88 Å². The van der Waals surface area contributed by atoms with Crippen molar-refractivity contribution >= 4 is 17.4 Å². The van der Waals surface area contributed by atoms with Crippen molar-refractivity contribution in [3.05, 3.63) is 23.6 Å². The third-order valence-electron chi connectivity index (χ3n) is 1.52. The zero-order chi connectivity index (χ0) is 8.55. The second-order valence-corrected chi connectivity index (χ2v) is 2.61. The van der Waals surface area contributed by atoms with E-state index in [0.717, 1.165) is 0 Å². The molecule has 0 aliphatic heterocycles. The monoisotopic (exact) mass is 183 g/mol. The zero-order valence-corrected chi connectivity index (χ0v) is 7.12. The number of halogens is 1. The molecule has 0 aliphatic carbocycles. The predicted molar refractivity (Wildman–Crippen MR) is 44.5 cm³/mol. The lowest BCUT2D eigenvalue weighted by Gasteiger charge is -2.02. The molecule has 5 heteroatoms. The highest BCUT2D eigenvalue weighted by Crippen LogP contribution is 2.16. The highest BCUT2D eigenvalue weighted by molar-refractivity contribution is 6.29. The summed E-state index contributed by atoms with van der Waals surface area (Å²) in [5.74, 6) is 1.17. The average molecular weight is 184 g/mol. The summed E-state index contributed by atoms with van der Waals surface area (Å²) in [5, 5.41) is 0.380. The lowest BCUT2D eigenvalue weighted by atomic mass is 10.6. The summed E-state index contributed by atoms with van der Waals surface area (Å²) in [4.78, 5) is 7.96. The van der Waals surface area contributed by atoms with Gasteiger partial charge >= 0.3 is 0 Å². The number of rotatable bonds is 1. The van der Waals surface area contributed by atoms with Crippen LogP contribution >= 0.6 is 11.6 Å². The van der Waals surface area contributed by atoms with Crippen molar-refractivity contribution in [1.82, 2.24) is 14.4 Å². The Bertz CT molecular complexity index is 412. The number of ether oxygens (including phenoxy) is 1. The minimum absolute atomic E-state index is 0.380. The molecule has 0 N–H and O–H groups in total. The Hall–Kier alpha value is -1.29. The number of nitrogens with zero attached hydrogens (tertiary/aromatic N) is 3. The normalized spacial score (nSPS) is 10.5. The molecule has 12 heavy (non-hydrogen) atoms. The molecule has 0 aliphatic rings. The van der Waals surface area contributed by atoms with E-state index in [0.29, 0.717) is 16.8 Å². The van der Waals surface area contributed by atoms with Gasteiger partial charge in [-0.25, -0.2) is 9.97 Å². The van der Waals surface area contributed by atoms with Gasteiger partial charge in [0.15, 0.2) is 0 Å². The van der Waals surface area contributed by atoms with E-state index in [1.165, 1.54) is 0 Å². The maximum Gasteiger partial charge on any atom is 0.237 e. The number of hydrogen-bond donors (Lipinski definition) is 0. The van der Waals surface area contributed by atoms with Gasteiger partial charge in [0.05, 0.1) is 7.11 Å². The highest BCUT2D eigenvalue weighted by atomic mass is 35.5. The molecule has 0 saturated heterocycles. The minimum atomic E-state index is 0.380. The van der Waals surface area contributed by atoms with Gasteiger partial charge in [0.1, 0.15) is 5.15 Å². The molecule has 0 unspecified atom stereocenters. The van der Waals surface area contributed by atoms with E-state index in [4.69, 9.17) is 16.3 Å². The predicted octanol–water partition coefficient (Wildman–Crippen LogP) is 1.39. The van der Waals surface area contributed by atoms with Gasteiger partial charge in [-0.3, -0.25) is 4.40 Å². The van der Waals surface area contributed by atoms with E-state index < -0.39 is 0 Å². The summed E-state index contributed by atoms with van der Waals surface area (Å²) in [6.07, 6.45) is 3.40. The van der Waals surface area contributed by atoms with E-state index in [2.05, 4.69) is 9.97 Å². The van der Waals surface area contributed by atoms with E-state index in [1.807, 2.05) is 0 Å². The summed E-state index contributed by atoms with van der Waals surface area (Å²) in [7, 11) is 1.57. The lowest BCUT2D eigenvalue weighted by molar-refractivity contribution is 0.391. The van der Waals surface area contributed by atoms with E-state index in [9.17, 15) is 0 Å². The van der Waals surface area contributed by atoms with E-state index in [1.54, 1.807) is 30.0 Å². The van der Waals surface area contributed by atoms with E-state index >= 15 is 0 Å². The molecule has 0 saturated carbocycles. The number of aromatic nitrogens is 3. The highest BCUT2D eigenvalue weighted by Gasteiger charge is 2.03. The van der Waals surface area contributed by atoms with Gasteiger partial charge in [-0.05, 0) is 0 Å². The molecule has 0 amide bonds. The van der Waals surface area contributed by atoms with Crippen molar-refractivity contribution in [2.75, 3.05) is 7.11 Å². The van der Waals surface area contributed by atoms with Gasteiger partial charge < -0.3 is 4.74 Å². The topological polar surface area (TPSA) is 39.4 Å². The maximum absolute atomic E-state index is 5.72. The molecule has 4 nitrogen and oxygen atoms in total. The Morgan fingerprint density at radius 3 is 3.17 bits per heavy atom. The zero-order valence-electron chi connectivity index (χ0n) is 6.36. The summed E-state index contributed by atoms with van der Waals surface area (Å²) in [6, 6.07) is 1.64. The van der Waals surface area contributed by atoms with Crippen molar-refractivity contribution in [2.45, 2.75) is 0 Å². The smallest absolute Gasteiger partial charge is 0.237 e.